The minimum atomic E-state index is -4.37. The van der Waals surface area contributed by atoms with Gasteiger partial charge in [-0.05, 0) is 66.7 Å². The quantitative estimate of drug-likeness (QED) is 0.294. The largest absolute Gasteiger partial charge is 0.416 e. The van der Waals surface area contributed by atoms with Crippen molar-refractivity contribution >= 4 is 27.5 Å². The van der Waals surface area contributed by atoms with Crippen LogP contribution >= 0.6 is 0 Å². The van der Waals surface area contributed by atoms with Crippen LogP contribution in [0, 0.1) is 0 Å². The van der Waals surface area contributed by atoms with Gasteiger partial charge < -0.3 is 10.3 Å². The number of aromatic amines is 1. The van der Waals surface area contributed by atoms with Gasteiger partial charge in [0.05, 0.1) is 11.1 Å². The van der Waals surface area contributed by atoms with Gasteiger partial charge in [-0.2, -0.15) is 13.2 Å². The summed E-state index contributed by atoms with van der Waals surface area (Å²) in [6, 6.07) is 14.1. The highest BCUT2D eigenvalue weighted by molar-refractivity contribution is 5.91. The fraction of sp³-hybridized carbons (Fsp3) is 0.320. The Balaban J connectivity index is 1.36. The number of pyridine rings is 1. The predicted octanol–water partition coefficient (Wildman–Crippen LogP) is 6.45. The highest BCUT2D eigenvalue weighted by Crippen LogP contribution is 2.32. The predicted molar refractivity (Wildman–Crippen MR) is 124 cm³/mol. The van der Waals surface area contributed by atoms with Crippen LogP contribution in [0.2, 0.25) is 0 Å². The summed E-state index contributed by atoms with van der Waals surface area (Å²) >= 11 is 0. The number of H-pyrrole nitrogens is 1. The molecule has 2 aromatic carbocycles. The zero-order chi connectivity index (χ0) is 22.6. The normalized spacial score (nSPS) is 12.2. The SMILES string of the molecule is CCCN(CCCNc1ccnc2cc(C(F)(F)F)ccc12)Cc1ccc2[nH]ccc2c1. The molecule has 0 spiro atoms. The monoisotopic (exact) mass is 440 g/mol. The molecule has 0 saturated carbocycles. The van der Waals surface area contributed by atoms with Crippen LogP contribution in [0.15, 0.2) is 60.9 Å². The molecule has 0 amide bonds. The minimum absolute atomic E-state index is 0.345. The van der Waals surface area contributed by atoms with E-state index in [-0.39, 0.29) is 0 Å². The van der Waals surface area contributed by atoms with Crippen LogP contribution in [0.4, 0.5) is 18.9 Å². The van der Waals surface area contributed by atoms with Crippen LogP contribution < -0.4 is 5.32 Å². The zero-order valence-corrected chi connectivity index (χ0v) is 18.0. The number of hydrogen-bond acceptors (Lipinski definition) is 3. The average Bonchev–Trinajstić information content (AvgIpc) is 3.24. The first-order valence-electron chi connectivity index (χ1n) is 10.9. The lowest BCUT2D eigenvalue weighted by molar-refractivity contribution is -0.137. The van der Waals surface area contributed by atoms with Crippen LogP contribution in [0.25, 0.3) is 21.8 Å². The van der Waals surface area contributed by atoms with E-state index in [0.717, 1.165) is 62.4 Å². The van der Waals surface area contributed by atoms with Crippen molar-refractivity contribution in [3.8, 4) is 0 Å². The lowest BCUT2D eigenvalue weighted by atomic mass is 10.1. The Morgan fingerprint density at radius 3 is 2.72 bits per heavy atom. The number of aromatic nitrogens is 2. The lowest BCUT2D eigenvalue weighted by Crippen LogP contribution is -2.26. The van der Waals surface area contributed by atoms with Gasteiger partial charge in [0, 0.05) is 48.6 Å². The van der Waals surface area contributed by atoms with Gasteiger partial charge in [0.1, 0.15) is 0 Å². The maximum atomic E-state index is 13.0. The molecule has 0 unspecified atom stereocenters. The molecule has 168 valence electrons. The molecule has 0 aliphatic rings. The summed E-state index contributed by atoms with van der Waals surface area (Å²) in [4.78, 5) is 9.77. The number of hydrogen-bond donors (Lipinski definition) is 2. The molecule has 0 radical (unpaired) electrons. The van der Waals surface area contributed by atoms with Gasteiger partial charge in [-0.15, -0.1) is 0 Å². The standard InChI is InChI=1S/C25H27F3N4/c1-2-13-32(17-18-4-7-22-19(15-18)8-11-30-22)14-3-10-29-23-9-12-31-24-16-20(25(26,27)28)5-6-21(23)24/h4-9,11-12,15-16,30H,2-3,10,13-14,17H2,1H3,(H,29,31). The molecule has 0 fully saturated rings. The second kappa shape index (κ2) is 9.61. The van der Waals surface area contributed by atoms with Crippen LogP contribution in [0.3, 0.4) is 0 Å². The van der Waals surface area contributed by atoms with E-state index in [1.807, 2.05) is 12.3 Å². The summed E-state index contributed by atoms with van der Waals surface area (Å²) < 4.78 is 38.9. The molecular formula is C25H27F3N4. The van der Waals surface area contributed by atoms with Crippen molar-refractivity contribution in [2.75, 3.05) is 25.0 Å². The summed E-state index contributed by atoms with van der Waals surface area (Å²) in [5.41, 5.74) is 2.91. The maximum Gasteiger partial charge on any atom is 0.416 e. The van der Waals surface area contributed by atoms with Crippen LogP contribution in [-0.2, 0) is 12.7 Å². The molecule has 4 nitrogen and oxygen atoms in total. The van der Waals surface area contributed by atoms with Crippen LogP contribution in [-0.4, -0.2) is 34.5 Å². The van der Waals surface area contributed by atoms with E-state index in [9.17, 15) is 13.2 Å². The van der Waals surface area contributed by atoms with Gasteiger partial charge in [0.2, 0.25) is 0 Å². The topological polar surface area (TPSA) is 44.0 Å². The molecular weight excluding hydrogens is 413 g/mol. The van der Waals surface area contributed by atoms with E-state index < -0.39 is 11.7 Å². The molecule has 2 aromatic heterocycles. The fourth-order valence-electron chi connectivity index (χ4n) is 4.05. The smallest absolute Gasteiger partial charge is 0.384 e. The van der Waals surface area contributed by atoms with Gasteiger partial charge in [-0.3, -0.25) is 9.88 Å². The maximum absolute atomic E-state index is 13.0. The molecule has 4 aromatic rings. The van der Waals surface area contributed by atoms with Crippen molar-refractivity contribution in [1.82, 2.24) is 14.9 Å². The van der Waals surface area contributed by atoms with Crippen molar-refractivity contribution < 1.29 is 13.2 Å². The van der Waals surface area contributed by atoms with Crippen LogP contribution in [0.5, 0.6) is 0 Å². The van der Waals surface area contributed by atoms with Crippen molar-refractivity contribution in [3.63, 3.8) is 0 Å². The van der Waals surface area contributed by atoms with Crippen molar-refractivity contribution in [2.45, 2.75) is 32.5 Å². The lowest BCUT2D eigenvalue weighted by Gasteiger charge is -2.22. The average molecular weight is 441 g/mol. The van der Waals surface area contributed by atoms with E-state index in [2.05, 4.69) is 51.4 Å². The van der Waals surface area contributed by atoms with E-state index >= 15 is 0 Å². The Bertz CT molecular complexity index is 1180. The molecule has 0 aliphatic carbocycles. The summed E-state index contributed by atoms with van der Waals surface area (Å²) in [5.74, 6) is 0. The molecule has 0 bridgehead atoms. The van der Waals surface area contributed by atoms with Gasteiger partial charge in [0.15, 0.2) is 0 Å². The summed E-state index contributed by atoms with van der Waals surface area (Å²) in [6.45, 7) is 5.76. The third-order valence-corrected chi connectivity index (χ3v) is 5.60. The number of alkyl halides is 3. The van der Waals surface area contributed by atoms with E-state index in [4.69, 9.17) is 0 Å². The Hall–Kier alpha value is -3.06. The molecule has 0 aliphatic heterocycles. The number of rotatable bonds is 9. The molecule has 4 rings (SSSR count). The van der Waals surface area contributed by atoms with Gasteiger partial charge in [0.25, 0.3) is 0 Å². The highest BCUT2D eigenvalue weighted by Gasteiger charge is 2.30. The zero-order valence-electron chi connectivity index (χ0n) is 18.0. The van der Waals surface area contributed by atoms with Gasteiger partial charge >= 0.3 is 6.18 Å². The molecule has 2 N–H and O–H groups in total. The molecule has 0 saturated heterocycles. The third kappa shape index (κ3) is 5.22. The highest BCUT2D eigenvalue weighted by atomic mass is 19.4. The van der Waals surface area contributed by atoms with Crippen molar-refractivity contribution in [2.24, 2.45) is 0 Å². The van der Waals surface area contributed by atoms with Crippen molar-refractivity contribution in [3.05, 3.63) is 72.1 Å². The first kappa shape index (κ1) is 22.1. The summed E-state index contributed by atoms with van der Waals surface area (Å²) in [7, 11) is 0. The van der Waals surface area contributed by atoms with E-state index in [1.54, 1.807) is 6.20 Å². The Morgan fingerprint density at radius 2 is 1.91 bits per heavy atom. The summed E-state index contributed by atoms with van der Waals surface area (Å²) in [6.07, 6.45) is 1.14. The number of nitrogens with zero attached hydrogens (tertiary/aromatic N) is 2. The fourth-order valence-corrected chi connectivity index (χ4v) is 4.05. The van der Waals surface area contributed by atoms with Gasteiger partial charge in [-0.1, -0.05) is 19.1 Å². The Morgan fingerprint density at radius 1 is 1.03 bits per heavy atom. The van der Waals surface area contributed by atoms with E-state index in [0.29, 0.717) is 10.9 Å². The number of nitrogens with one attached hydrogen (secondary N) is 2. The Labute approximate surface area is 185 Å². The Kier molecular flexibility index (Phi) is 6.65. The number of anilines is 1. The molecule has 2 heterocycles. The second-order valence-electron chi connectivity index (χ2n) is 8.04. The number of fused-ring (bicyclic) bond motifs is 2. The van der Waals surface area contributed by atoms with Crippen LogP contribution in [0.1, 0.15) is 30.9 Å². The van der Waals surface area contributed by atoms with E-state index in [1.165, 1.54) is 17.0 Å². The minimum Gasteiger partial charge on any atom is -0.384 e. The third-order valence-electron chi connectivity index (χ3n) is 5.60. The molecule has 7 heteroatoms. The number of benzene rings is 2. The molecule has 0 atom stereocenters. The summed E-state index contributed by atoms with van der Waals surface area (Å²) in [5, 5.41) is 5.30. The molecule has 32 heavy (non-hydrogen) atoms. The first-order valence-corrected chi connectivity index (χ1v) is 10.9. The first-order chi connectivity index (χ1) is 15.4. The van der Waals surface area contributed by atoms with Crippen molar-refractivity contribution in [1.29, 1.82) is 0 Å². The van der Waals surface area contributed by atoms with Gasteiger partial charge in [-0.25, -0.2) is 0 Å². The second-order valence-corrected chi connectivity index (χ2v) is 8.04. The number of halogens is 3.